The van der Waals surface area contributed by atoms with Gasteiger partial charge in [-0.25, -0.2) is 0 Å². The van der Waals surface area contributed by atoms with E-state index in [1.807, 2.05) is 0 Å². The van der Waals surface area contributed by atoms with E-state index in [0.717, 1.165) is 0 Å². The molecule has 0 aliphatic rings. The second-order valence-corrected chi connectivity index (χ2v) is 3.85. The zero-order valence-corrected chi connectivity index (χ0v) is 10.9. The largest absolute Gasteiger partial charge is 0.497 e. The first kappa shape index (κ1) is 12.9. The highest BCUT2D eigenvalue weighted by Crippen LogP contribution is 2.29. The van der Waals surface area contributed by atoms with E-state index in [1.54, 1.807) is 38.3 Å². The Morgan fingerprint density at radius 2 is 2.05 bits per heavy atom. The third-order valence-corrected chi connectivity index (χ3v) is 2.51. The van der Waals surface area contributed by atoms with Crippen LogP contribution < -0.4 is 14.8 Å². The maximum Gasteiger partial charge on any atom is 0.294 e. The van der Waals surface area contributed by atoms with Crippen molar-refractivity contribution in [1.29, 1.82) is 0 Å². The number of aryl methyl sites for hydroxylation is 1. The molecular formula is C13H14N2O4. The molecular weight excluding hydrogens is 248 g/mol. The Balaban J connectivity index is 2.21. The molecule has 1 heterocycles. The number of ether oxygens (including phenoxy) is 2. The van der Waals surface area contributed by atoms with E-state index < -0.39 is 0 Å². The van der Waals surface area contributed by atoms with E-state index in [-0.39, 0.29) is 11.7 Å². The number of methoxy groups -OCH3 is 2. The van der Waals surface area contributed by atoms with Gasteiger partial charge in [-0.05, 0) is 19.1 Å². The zero-order chi connectivity index (χ0) is 13.8. The average Bonchev–Trinajstić information content (AvgIpc) is 2.86. The summed E-state index contributed by atoms with van der Waals surface area (Å²) in [4.78, 5) is 11.9. The van der Waals surface area contributed by atoms with Gasteiger partial charge >= 0.3 is 0 Å². The van der Waals surface area contributed by atoms with E-state index in [9.17, 15) is 4.79 Å². The number of carbonyl (C=O) groups is 1. The fraction of sp³-hybridized carbons (Fsp3) is 0.231. The predicted molar refractivity (Wildman–Crippen MR) is 68.7 cm³/mol. The molecule has 1 aromatic heterocycles. The van der Waals surface area contributed by atoms with Crippen LogP contribution in [0.5, 0.6) is 11.5 Å². The van der Waals surface area contributed by atoms with Gasteiger partial charge in [-0.2, -0.15) is 0 Å². The summed E-state index contributed by atoms with van der Waals surface area (Å²) < 4.78 is 15.2. The molecule has 100 valence electrons. The minimum absolute atomic E-state index is 0.148. The lowest BCUT2D eigenvalue weighted by atomic mass is 10.2. The number of hydrogen-bond acceptors (Lipinski definition) is 5. The molecule has 0 aliphatic carbocycles. The van der Waals surface area contributed by atoms with Crippen LogP contribution in [0.25, 0.3) is 0 Å². The van der Waals surface area contributed by atoms with Crippen LogP contribution in [-0.4, -0.2) is 25.3 Å². The highest BCUT2D eigenvalue weighted by atomic mass is 16.5. The van der Waals surface area contributed by atoms with Crippen molar-refractivity contribution in [3.8, 4) is 11.5 Å². The van der Waals surface area contributed by atoms with Gasteiger partial charge in [-0.1, -0.05) is 5.16 Å². The van der Waals surface area contributed by atoms with E-state index in [0.29, 0.717) is 22.9 Å². The van der Waals surface area contributed by atoms with E-state index >= 15 is 0 Å². The smallest absolute Gasteiger partial charge is 0.294 e. The summed E-state index contributed by atoms with van der Waals surface area (Å²) in [5, 5.41) is 6.35. The van der Waals surface area contributed by atoms with Gasteiger partial charge in [0, 0.05) is 12.1 Å². The molecule has 0 aliphatic heterocycles. The van der Waals surface area contributed by atoms with Crippen LogP contribution in [0.15, 0.2) is 28.8 Å². The van der Waals surface area contributed by atoms with Crippen molar-refractivity contribution in [3.05, 3.63) is 35.7 Å². The lowest BCUT2D eigenvalue weighted by Gasteiger charge is -2.10. The highest BCUT2D eigenvalue weighted by Gasteiger charge is 2.14. The predicted octanol–water partition coefficient (Wildman–Crippen LogP) is 2.25. The molecule has 0 fully saturated rings. The van der Waals surface area contributed by atoms with E-state index in [1.165, 1.54) is 7.11 Å². The molecule has 1 amide bonds. The molecule has 2 aromatic rings. The molecule has 6 heteroatoms. The van der Waals surface area contributed by atoms with Crippen LogP contribution in [0.4, 0.5) is 5.69 Å². The number of aromatic nitrogens is 1. The molecule has 0 saturated carbocycles. The number of hydrogen-bond donors (Lipinski definition) is 1. The Labute approximate surface area is 110 Å². The summed E-state index contributed by atoms with van der Waals surface area (Å²) in [5.41, 5.74) is 1.18. The quantitative estimate of drug-likeness (QED) is 0.914. The molecule has 0 saturated heterocycles. The van der Waals surface area contributed by atoms with Gasteiger partial charge in [0.2, 0.25) is 5.76 Å². The number of nitrogens with one attached hydrogen (secondary N) is 1. The van der Waals surface area contributed by atoms with Crippen LogP contribution in [0.3, 0.4) is 0 Å². The molecule has 0 atom stereocenters. The SMILES string of the molecule is COc1ccc(NC(=O)c2cc(C)no2)c(OC)c1. The van der Waals surface area contributed by atoms with Crippen molar-refractivity contribution in [2.24, 2.45) is 0 Å². The molecule has 0 bridgehead atoms. The fourth-order valence-electron chi connectivity index (χ4n) is 1.56. The Hall–Kier alpha value is -2.50. The van der Waals surface area contributed by atoms with E-state index in [2.05, 4.69) is 10.5 Å². The monoisotopic (exact) mass is 262 g/mol. The van der Waals surface area contributed by atoms with Gasteiger partial charge in [0.15, 0.2) is 0 Å². The number of rotatable bonds is 4. The van der Waals surface area contributed by atoms with Crippen LogP contribution in [0, 0.1) is 6.92 Å². The number of benzene rings is 1. The molecule has 0 unspecified atom stereocenters. The van der Waals surface area contributed by atoms with Crippen LogP contribution in [0.2, 0.25) is 0 Å². The van der Waals surface area contributed by atoms with Crippen molar-refractivity contribution in [2.75, 3.05) is 19.5 Å². The fourth-order valence-corrected chi connectivity index (χ4v) is 1.56. The molecule has 1 aromatic carbocycles. The number of carbonyl (C=O) groups excluding carboxylic acids is 1. The summed E-state index contributed by atoms with van der Waals surface area (Å²) in [6.45, 7) is 1.74. The molecule has 2 rings (SSSR count). The Morgan fingerprint density at radius 3 is 2.63 bits per heavy atom. The maximum atomic E-state index is 11.9. The summed E-state index contributed by atoms with van der Waals surface area (Å²) in [7, 11) is 3.08. The number of amides is 1. The number of anilines is 1. The molecule has 19 heavy (non-hydrogen) atoms. The van der Waals surface area contributed by atoms with Crippen LogP contribution in [-0.2, 0) is 0 Å². The highest BCUT2D eigenvalue weighted by molar-refractivity contribution is 6.03. The zero-order valence-electron chi connectivity index (χ0n) is 10.9. The standard InChI is InChI=1S/C13H14N2O4/c1-8-6-12(19-15-8)13(16)14-10-5-4-9(17-2)7-11(10)18-3/h4-7H,1-3H3,(H,14,16). The summed E-state index contributed by atoms with van der Waals surface area (Å²) in [5.74, 6) is 0.911. The first-order valence-corrected chi connectivity index (χ1v) is 5.60. The second kappa shape index (κ2) is 5.43. The Morgan fingerprint density at radius 1 is 1.26 bits per heavy atom. The molecule has 1 N–H and O–H groups in total. The van der Waals surface area contributed by atoms with E-state index in [4.69, 9.17) is 14.0 Å². The summed E-state index contributed by atoms with van der Waals surface area (Å²) >= 11 is 0. The maximum absolute atomic E-state index is 11.9. The van der Waals surface area contributed by atoms with Crippen LogP contribution >= 0.6 is 0 Å². The van der Waals surface area contributed by atoms with Gasteiger partial charge in [0.1, 0.15) is 11.5 Å². The number of nitrogens with zero attached hydrogens (tertiary/aromatic N) is 1. The van der Waals surface area contributed by atoms with Gasteiger partial charge in [0.05, 0.1) is 25.6 Å². The van der Waals surface area contributed by atoms with Gasteiger partial charge in [-0.15, -0.1) is 0 Å². The third-order valence-electron chi connectivity index (χ3n) is 2.51. The summed E-state index contributed by atoms with van der Waals surface area (Å²) in [6.07, 6.45) is 0. The molecule has 6 nitrogen and oxygen atoms in total. The van der Waals surface area contributed by atoms with Crippen molar-refractivity contribution < 1.29 is 18.8 Å². The minimum Gasteiger partial charge on any atom is -0.497 e. The Kier molecular flexibility index (Phi) is 3.70. The molecule has 0 spiro atoms. The van der Waals surface area contributed by atoms with Gasteiger partial charge in [0.25, 0.3) is 5.91 Å². The second-order valence-electron chi connectivity index (χ2n) is 3.85. The topological polar surface area (TPSA) is 73.6 Å². The third kappa shape index (κ3) is 2.85. The lowest BCUT2D eigenvalue weighted by molar-refractivity contribution is 0.0987. The minimum atomic E-state index is -0.385. The average molecular weight is 262 g/mol. The van der Waals surface area contributed by atoms with Crippen molar-refractivity contribution >= 4 is 11.6 Å². The Bertz CT molecular complexity index is 592. The van der Waals surface area contributed by atoms with Crippen molar-refractivity contribution in [3.63, 3.8) is 0 Å². The first-order chi connectivity index (χ1) is 9.13. The van der Waals surface area contributed by atoms with Crippen molar-refractivity contribution in [1.82, 2.24) is 5.16 Å². The first-order valence-electron chi connectivity index (χ1n) is 5.60. The lowest BCUT2D eigenvalue weighted by Crippen LogP contribution is -2.11. The van der Waals surface area contributed by atoms with Gasteiger partial charge < -0.3 is 19.3 Å². The molecule has 0 radical (unpaired) electrons. The van der Waals surface area contributed by atoms with Crippen molar-refractivity contribution in [2.45, 2.75) is 6.92 Å². The summed E-state index contributed by atoms with van der Waals surface area (Å²) in [6, 6.07) is 6.66. The van der Waals surface area contributed by atoms with Crippen LogP contribution in [0.1, 0.15) is 16.2 Å². The normalized spacial score (nSPS) is 10.1. The van der Waals surface area contributed by atoms with Gasteiger partial charge in [-0.3, -0.25) is 4.79 Å².